The van der Waals surface area contributed by atoms with Gasteiger partial charge in [0.15, 0.2) is 6.10 Å². The third-order valence-electron chi connectivity index (χ3n) is 2.94. The van der Waals surface area contributed by atoms with Gasteiger partial charge in [-0.15, -0.1) is 0 Å². The molecule has 0 amide bonds. The third-order valence-corrected chi connectivity index (χ3v) is 3.18. The molecule has 0 aliphatic rings. The van der Waals surface area contributed by atoms with Crippen LogP contribution in [0.1, 0.15) is 32.3 Å². The van der Waals surface area contributed by atoms with Crippen molar-refractivity contribution in [3.63, 3.8) is 0 Å². The molecule has 19 heavy (non-hydrogen) atoms. The van der Waals surface area contributed by atoms with Crippen LogP contribution in [0.5, 0.6) is 5.75 Å². The minimum atomic E-state index is -0.969. The van der Waals surface area contributed by atoms with E-state index < -0.39 is 12.1 Å². The van der Waals surface area contributed by atoms with Crippen LogP contribution >= 0.6 is 11.6 Å². The lowest BCUT2D eigenvalue weighted by molar-refractivity contribution is -0.145. The smallest absolute Gasteiger partial charge is 0.344 e. The van der Waals surface area contributed by atoms with Crippen molar-refractivity contribution in [2.45, 2.75) is 45.3 Å². The van der Waals surface area contributed by atoms with Crippen LogP contribution in [0.15, 0.2) is 18.2 Å². The van der Waals surface area contributed by atoms with Crippen LogP contribution in [-0.2, 0) is 11.2 Å². The van der Waals surface area contributed by atoms with Gasteiger partial charge in [-0.1, -0.05) is 25.4 Å². The Balaban J connectivity index is 2.95. The first-order valence-electron chi connectivity index (χ1n) is 6.41. The van der Waals surface area contributed by atoms with Gasteiger partial charge in [0.2, 0.25) is 0 Å². The van der Waals surface area contributed by atoms with E-state index in [2.05, 4.69) is 0 Å². The first-order valence-corrected chi connectivity index (χ1v) is 6.79. The molecule has 1 aromatic rings. The van der Waals surface area contributed by atoms with E-state index in [0.717, 1.165) is 12.0 Å². The van der Waals surface area contributed by atoms with E-state index in [-0.39, 0.29) is 6.04 Å². The Morgan fingerprint density at radius 3 is 2.63 bits per heavy atom. The standard InChI is InChI=1S/C14H20ClNO3/c1-3-11(16)8-9-7-10(15)5-6-13(9)19-12(4-2)14(17)18/h5-7,11-12H,3-4,8,16H2,1-2H3,(H,17,18). The van der Waals surface area contributed by atoms with Gasteiger partial charge in [0, 0.05) is 11.1 Å². The molecule has 2 atom stereocenters. The second-order valence-corrected chi connectivity index (χ2v) is 4.91. The molecule has 0 bridgehead atoms. The highest BCUT2D eigenvalue weighted by Gasteiger charge is 2.19. The largest absolute Gasteiger partial charge is 0.479 e. The number of aliphatic carboxylic acids is 1. The van der Waals surface area contributed by atoms with Crippen molar-refractivity contribution in [1.29, 1.82) is 0 Å². The second-order valence-electron chi connectivity index (χ2n) is 4.48. The van der Waals surface area contributed by atoms with E-state index in [0.29, 0.717) is 23.6 Å². The number of ether oxygens (including phenoxy) is 1. The van der Waals surface area contributed by atoms with Gasteiger partial charge < -0.3 is 15.6 Å². The molecule has 0 aromatic heterocycles. The van der Waals surface area contributed by atoms with Crippen LogP contribution in [0.3, 0.4) is 0 Å². The zero-order valence-electron chi connectivity index (χ0n) is 11.2. The molecule has 0 heterocycles. The van der Waals surface area contributed by atoms with Crippen LogP contribution in [0.4, 0.5) is 0 Å². The fraction of sp³-hybridized carbons (Fsp3) is 0.500. The average Bonchev–Trinajstić information content (AvgIpc) is 2.37. The molecule has 106 valence electrons. The van der Waals surface area contributed by atoms with E-state index in [1.54, 1.807) is 25.1 Å². The predicted molar refractivity (Wildman–Crippen MR) is 75.8 cm³/mol. The summed E-state index contributed by atoms with van der Waals surface area (Å²) in [6, 6.07) is 5.17. The van der Waals surface area contributed by atoms with Gasteiger partial charge in [0.25, 0.3) is 0 Å². The Hall–Kier alpha value is -1.26. The lowest BCUT2D eigenvalue weighted by Crippen LogP contribution is -2.27. The minimum Gasteiger partial charge on any atom is -0.479 e. The quantitative estimate of drug-likeness (QED) is 0.808. The molecular formula is C14H20ClNO3. The summed E-state index contributed by atoms with van der Waals surface area (Å²) < 4.78 is 5.54. The van der Waals surface area contributed by atoms with Crippen molar-refractivity contribution in [3.05, 3.63) is 28.8 Å². The summed E-state index contributed by atoms with van der Waals surface area (Å²) in [5.74, 6) is -0.425. The molecule has 1 rings (SSSR count). The lowest BCUT2D eigenvalue weighted by Gasteiger charge is -2.18. The number of halogens is 1. The van der Waals surface area contributed by atoms with E-state index in [1.807, 2.05) is 6.92 Å². The molecule has 0 saturated heterocycles. The van der Waals surface area contributed by atoms with Crippen molar-refractivity contribution in [1.82, 2.24) is 0 Å². The number of nitrogens with two attached hydrogens (primary N) is 1. The molecule has 0 aliphatic heterocycles. The Bertz CT molecular complexity index is 437. The number of carboxylic acids is 1. The van der Waals surface area contributed by atoms with Crippen molar-refractivity contribution in [3.8, 4) is 5.75 Å². The third kappa shape index (κ3) is 4.73. The molecule has 0 spiro atoms. The zero-order chi connectivity index (χ0) is 14.4. The van der Waals surface area contributed by atoms with E-state index in [1.165, 1.54) is 0 Å². The van der Waals surface area contributed by atoms with Crippen molar-refractivity contribution in [2.24, 2.45) is 5.73 Å². The maximum Gasteiger partial charge on any atom is 0.344 e. The topological polar surface area (TPSA) is 72.5 Å². The summed E-state index contributed by atoms with van der Waals surface area (Å²) in [4.78, 5) is 11.0. The van der Waals surface area contributed by atoms with Gasteiger partial charge in [-0.05, 0) is 43.0 Å². The molecule has 0 fully saturated rings. The monoisotopic (exact) mass is 285 g/mol. The Morgan fingerprint density at radius 1 is 1.42 bits per heavy atom. The molecule has 1 aromatic carbocycles. The molecule has 5 heteroatoms. The van der Waals surface area contributed by atoms with E-state index in [4.69, 9.17) is 27.2 Å². The highest BCUT2D eigenvalue weighted by atomic mass is 35.5. The number of carbonyl (C=O) groups is 1. The van der Waals surface area contributed by atoms with E-state index in [9.17, 15) is 4.79 Å². The van der Waals surface area contributed by atoms with E-state index >= 15 is 0 Å². The average molecular weight is 286 g/mol. The van der Waals surface area contributed by atoms with Crippen LogP contribution in [0, 0.1) is 0 Å². The maximum atomic E-state index is 11.0. The van der Waals surface area contributed by atoms with Crippen molar-refractivity contribution >= 4 is 17.6 Å². The van der Waals surface area contributed by atoms with Crippen LogP contribution in [0.25, 0.3) is 0 Å². The van der Waals surface area contributed by atoms with Gasteiger partial charge in [-0.25, -0.2) is 4.79 Å². The van der Waals surface area contributed by atoms with Gasteiger partial charge in [-0.3, -0.25) is 0 Å². The SMILES string of the molecule is CCC(N)Cc1cc(Cl)ccc1OC(CC)C(=O)O. The first-order chi connectivity index (χ1) is 8.97. The van der Waals surface area contributed by atoms with Crippen LogP contribution in [-0.4, -0.2) is 23.2 Å². The van der Waals surface area contributed by atoms with Gasteiger partial charge >= 0.3 is 5.97 Å². The summed E-state index contributed by atoms with van der Waals surface area (Å²) >= 11 is 5.96. The van der Waals surface area contributed by atoms with Crippen LogP contribution < -0.4 is 10.5 Å². The van der Waals surface area contributed by atoms with Crippen molar-refractivity contribution < 1.29 is 14.6 Å². The summed E-state index contributed by atoms with van der Waals surface area (Å²) in [6.07, 6.45) is 1.000. The number of carboxylic acid groups (broad SMARTS) is 1. The molecule has 3 N–H and O–H groups in total. The van der Waals surface area contributed by atoms with Crippen molar-refractivity contribution in [2.75, 3.05) is 0 Å². The van der Waals surface area contributed by atoms with Crippen LogP contribution in [0.2, 0.25) is 5.02 Å². The molecule has 4 nitrogen and oxygen atoms in total. The maximum absolute atomic E-state index is 11.0. The fourth-order valence-electron chi connectivity index (χ4n) is 1.71. The zero-order valence-corrected chi connectivity index (χ0v) is 12.0. The molecule has 0 aliphatic carbocycles. The Labute approximate surface area is 118 Å². The number of hydrogen-bond donors (Lipinski definition) is 2. The summed E-state index contributed by atoms with van der Waals surface area (Å²) in [7, 11) is 0. The molecule has 0 radical (unpaired) electrons. The summed E-state index contributed by atoms with van der Waals surface area (Å²) in [5, 5.41) is 9.62. The normalized spacial score (nSPS) is 13.9. The minimum absolute atomic E-state index is 0.00530. The van der Waals surface area contributed by atoms with Gasteiger partial charge in [0.05, 0.1) is 0 Å². The number of rotatable bonds is 7. The highest BCUT2D eigenvalue weighted by Crippen LogP contribution is 2.26. The molecule has 2 unspecified atom stereocenters. The number of benzene rings is 1. The lowest BCUT2D eigenvalue weighted by atomic mass is 10.0. The Morgan fingerprint density at radius 2 is 2.11 bits per heavy atom. The highest BCUT2D eigenvalue weighted by molar-refractivity contribution is 6.30. The first kappa shape index (κ1) is 15.8. The number of hydrogen-bond acceptors (Lipinski definition) is 3. The Kier molecular flexibility index (Phi) is 6.12. The fourth-order valence-corrected chi connectivity index (χ4v) is 1.91. The summed E-state index contributed by atoms with van der Waals surface area (Å²) in [5.41, 5.74) is 6.78. The second kappa shape index (κ2) is 7.36. The molecule has 0 saturated carbocycles. The molecular weight excluding hydrogens is 266 g/mol. The van der Waals surface area contributed by atoms with Gasteiger partial charge in [-0.2, -0.15) is 0 Å². The predicted octanol–water partition coefficient (Wildman–Crippen LogP) is 2.86. The summed E-state index contributed by atoms with van der Waals surface area (Å²) in [6.45, 7) is 3.77. The van der Waals surface area contributed by atoms with Gasteiger partial charge in [0.1, 0.15) is 5.75 Å².